The average molecular weight is 551 g/mol. The predicted molar refractivity (Wildman–Crippen MR) is 159 cm³/mol. The van der Waals surface area contributed by atoms with Crippen LogP contribution in [0.3, 0.4) is 0 Å². The third-order valence-electron chi connectivity index (χ3n) is 8.73. The average Bonchev–Trinajstić information content (AvgIpc) is 3.32. The van der Waals surface area contributed by atoms with Crippen molar-refractivity contribution < 1.29 is 9.59 Å². The molecule has 2 aromatic rings. The van der Waals surface area contributed by atoms with Gasteiger partial charge in [0.25, 0.3) is 0 Å². The molecule has 1 fully saturated rings. The van der Waals surface area contributed by atoms with Crippen LogP contribution in [0.15, 0.2) is 29.8 Å². The van der Waals surface area contributed by atoms with Gasteiger partial charge < -0.3 is 15.5 Å². The van der Waals surface area contributed by atoms with Crippen LogP contribution in [-0.4, -0.2) is 47.4 Å². The molecule has 1 saturated heterocycles. The molecule has 210 valence electrons. The fourth-order valence-electron chi connectivity index (χ4n) is 6.94. The van der Waals surface area contributed by atoms with Gasteiger partial charge in [0.15, 0.2) is 0 Å². The fourth-order valence-corrected chi connectivity index (χ4v) is 7.11. The molecule has 2 heterocycles. The van der Waals surface area contributed by atoms with Gasteiger partial charge in [0.1, 0.15) is 6.04 Å². The zero-order chi connectivity index (χ0) is 27.4. The Labute approximate surface area is 238 Å². The highest BCUT2D eigenvalue weighted by Gasteiger charge is 2.34. The van der Waals surface area contributed by atoms with Gasteiger partial charge >= 0.3 is 0 Å². The first-order chi connectivity index (χ1) is 18.9. The van der Waals surface area contributed by atoms with Crippen molar-refractivity contribution >= 4 is 40.0 Å². The van der Waals surface area contributed by atoms with Crippen LogP contribution in [0.5, 0.6) is 0 Å². The monoisotopic (exact) mass is 550 g/mol. The normalized spacial score (nSPS) is 21.1. The van der Waals surface area contributed by atoms with E-state index in [4.69, 9.17) is 16.6 Å². The summed E-state index contributed by atoms with van der Waals surface area (Å²) in [6.45, 7) is 6.59. The molecule has 2 aliphatic carbocycles. The van der Waals surface area contributed by atoms with Crippen LogP contribution < -0.4 is 10.6 Å². The van der Waals surface area contributed by atoms with Crippen molar-refractivity contribution in [1.82, 2.24) is 15.2 Å². The highest BCUT2D eigenvalue weighted by molar-refractivity contribution is 6.31. The Morgan fingerprint density at radius 1 is 1.15 bits per heavy atom. The summed E-state index contributed by atoms with van der Waals surface area (Å²) in [5.41, 5.74) is 6.46. The maximum Gasteiger partial charge on any atom is 0.242 e. The lowest BCUT2D eigenvalue weighted by atomic mass is 9.71. The molecule has 3 aliphatic rings. The number of likely N-dealkylation sites (tertiary alicyclic amines) is 1. The summed E-state index contributed by atoms with van der Waals surface area (Å²) in [5.74, 6) is 1.27. The van der Waals surface area contributed by atoms with E-state index in [1.165, 1.54) is 34.3 Å². The number of rotatable bonds is 12. The SMILES string of the molecule is CCC(C(=O)NCCCCCCCNc1c2c(nc3cc(Cl)ccc13)CC1C=C(C)CC2C1)N1CCCC1=O. The molecule has 5 rings (SSSR count). The second kappa shape index (κ2) is 12.7. The Kier molecular flexibility index (Phi) is 9.11. The number of carbonyl (C=O) groups excluding carboxylic acids is 2. The van der Waals surface area contributed by atoms with Crippen LogP contribution in [0, 0.1) is 5.92 Å². The highest BCUT2D eigenvalue weighted by Crippen LogP contribution is 2.47. The lowest BCUT2D eigenvalue weighted by Crippen LogP contribution is -2.47. The maximum atomic E-state index is 12.6. The van der Waals surface area contributed by atoms with Crippen molar-refractivity contribution in [3.05, 3.63) is 46.1 Å². The molecule has 1 aromatic carbocycles. The van der Waals surface area contributed by atoms with Crippen molar-refractivity contribution in [3.8, 4) is 0 Å². The molecule has 2 N–H and O–H groups in total. The first kappa shape index (κ1) is 27.9. The van der Waals surface area contributed by atoms with Gasteiger partial charge in [-0.1, -0.05) is 49.4 Å². The zero-order valence-electron chi connectivity index (χ0n) is 23.5. The van der Waals surface area contributed by atoms with E-state index in [9.17, 15) is 9.59 Å². The molecule has 0 saturated carbocycles. The number of anilines is 1. The Morgan fingerprint density at radius 3 is 2.72 bits per heavy atom. The summed E-state index contributed by atoms with van der Waals surface area (Å²) in [5, 5.41) is 8.80. The Balaban J connectivity index is 1.09. The molecule has 3 atom stereocenters. The minimum absolute atomic E-state index is 0.00104. The molecule has 2 bridgehead atoms. The van der Waals surface area contributed by atoms with E-state index in [-0.39, 0.29) is 17.9 Å². The van der Waals surface area contributed by atoms with Gasteiger partial charge in [0.2, 0.25) is 11.8 Å². The molecule has 3 unspecified atom stereocenters. The van der Waals surface area contributed by atoms with E-state index >= 15 is 0 Å². The molecule has 1 aromatic heterocycles. The first-order valence-corrected chi connectivity index (χ1v) is 15.4. The van der Waals surface area contributed by atoms with Crippen LogP contribution in [0.25, 0.3) is 10.9 Å². The number of nitrogens with zero attached hydrogens (tertiary/aromatic N) is 2. The number of hydrogen-bond donors (Lipinski definition) is 2. The molecular weight excluding hydrogens is 508 g/mol. The Bertz CT molecular complexity index is 1240. The summed E-state index contributed by atoms with van der Waals surface area (Å²) in [6.07, 6.45) is 13.4. The summed E-state index contributed by atoms with van der Waals surface area (Å²) in [6, 6.07) is 5.79. The molecule has 39 heavy (non-hydrogen) atoms. The number of fused-ring (bicyclic) bond motifs is 5. The standard InChI is InChI=1S/C32H43ClN4O2/c1-3-28(37-15-9-10-29(37)38)32(39)35-14-8-6-4-5-7-13-34-31-25-12-11-24(33)20-26(25)36-27-19-22-16-21(2)17-23(18-22)30(27)31/h11-12,16,20,22-23,28H,3-10,13-15,17-19H2,1-2H3,(H,34,36)(H,35,39). The molecule has 6 nitrogen and oxygen atoms in total. The van der Waals surface area contributed by atoms with Crippen molar-refractivity contribution in [1.29, 1.82) is 0 Å². The Hall–Kier alpha value is -2.60. The lowest BCUT2D eigenvalue weighted by Gasteiger charge is -2.36. The van der Waals surface area contributed by atoms with Gasteiger partial charge in [-0.05, 0) is 81.9 Å². The van der Waals surface area contributed by atoms with Crippen LogP contribution in [0.1, 0.15) is 95.2 Å². The van der Waals surface area contributed by atoms with E-state index < -0.39 is 0 Å². The van der Waals surface area contributed by atoms with Gasteiger partial charge in [-0.2, -0.15) is 0 Å². The van der Waals surface area contributed by atoms with E-state index in [1.807, 2.05) is 19.1 Å². The summed E-state index contributed by atoms with van der Waals surface area (Å²) in [4.78, 5) is 31.4. The highest BCUT2D eigenvalue weighted by atomic mass is 35.5. The van der Waals surface area contributed by atoms with Gasteiger partial charge in [-0.3, -0.25) is 14.6 Å². The van der Waals surface area contributed by atoms with Crippen molar-refractivity contribution in [3.63, 3.8) is 0 Å². The van der Waals surface area contributed by atoms with E-state index in [0.29, 0.717) is 37.8 Å². The molecule has 7 heteroatoms. The number of allylic oxidation sites excluding steroid dienone is 2. The molecular formula is C32H43ClN4O2. The van der Waals surface area contributed by atoms with Gasteiger partial charge in [0.05, 0.1) is 5.52 Å². The van der Waals surface area contributed by atoms with Crippen LogP contribution in [-0.2, 0) is 16.0 Å². The van der Waals surface area contributed by atoms with Gasteiger partial charge in [-0.25, -0.2) is 0 Å². The Morgan fingerprint density at radius 2 is 1.95 bits per heavy atom. The molecule has 0 radical (unpaired) electrons. The number of unbranched alkanes of at least 4 members (excludes halogenated alkanes) is 4. The van der Waals surface area contributed by atoms with Crippen molar-refractivity contribution in [2.24, 2.45) is 5.92 Å². The minimum Gasteiger partial charge on any atom is -0.384 e. The molecule has 2 amide bonds. The third-order valence-corrected chi connectivity index (χ3v) is 8.97. The molecule has 1 aliphatic heterocycles. The number of aromatic nitrogens is 1. The number of benzene rings is 1. The number of carbonyl (C=O) groups is 2. The lowest BCUT2D eigenvalue weighted by molar-refractivity contribution is -0.137. The largest absolute Gasteiger partial charge is 0.384 e. The van der Waals surface area contributed by atoms with E-state index in [0.717, 1.165) is 68.5 Å². The second-order valence-electron chi connectivity index (χ2n) is 11.7. The number of pyridine rings is 1. The van der Waals surface area contributed by atoms with E-state index in [2.05, 4.69) is 29.7 Å². The van der Waals surface area contributed by atoms with Crippen molar-refractivity contribution in [2.75, 3.05) is 25.0 Å². The van der Waals surface area contributed by atoms with Crippen LogP contribution in [0.2, 0.25) is 5.02 Å². The van der Waals surface area contributed by atoms with Crippen LogP contribution >= 0.6 is 11.6 Å². The van der Waals surface area contributed by atoms with E-state index in [1.54, 1.807) is 4.90 Å². The summed E-state index contributed by atoms with van der Waals surface area (Å²) in [7, 11) is 0. The smallest absolute Gasteiger partial charge is 0.242 e. The number of hydrogen-bond acceptors (Lipinski definition) is 4. The number of nitrogens with one attached hydrogen (secondary N) is 2. The van der Waals surface area contributed by atoms with Gasteiger partial charge in [0, 0.05) is 53.4 Å². The van der Waals surface area contributed by atoms with Gasteiger partial charge in [-0.15, -0.1) is 0 Å². The zero-order valence-corrected chi connectivity index (χ0v) is 24.3. The third kappa shape index (κ3) is 6.42. The quantitative estimate of drug-likeness (QED) is 0.226. The van der Waals surface area contributed by atoms with Crippen LogP contribution in [0.4, 0.5) is 5.69 Å². The number of halogens is 1. The maximum absolute atomic E-state index is 12.6. The fraction of sp³-hybridized carbons (Fsp3) is 0.594. The number of amides is 2. The summed E-state index contributed by atoms with van der Waals surface area (Å²) >= 11 is 6.33. The van der Waals surface area contributed by atoms with Crippen molar-refractivity contribution in [2.45, 2.75) is 96.4 Å². The predicted octanol–water partition coefficient (Wildman–Crippen LogP) is 6.76. The molecule has 0 spiro atoms. The first-order valence-electron chi connectivity index (χ1n) is 15.0. The summed E-state index contributed by atoms with van der Waals surface area (Å²) < 4.78 is 0. The second-order valence-corrected chi connectivity index (χ2v) is 12.2. The topological polar surface area (TPSA) is 74.3 Å². The minimum atomic E-state index is -0.309.